The fourth-order valence-corrected chi connectivity index (χ4v) is 3.97. The lowest BCUT2D eigenvalue weighted by Crippen LogP contribution is -2.40. The smallest absolute Gasteiger partial charge is 0.254 e. The number of hydrogen-bond acceptors (Lipinski definition) is 4. The van der Waals surface area contributed by atoms with Crippen LogP contribution in [0.4, 0.5) is 10.2 Å². The van der Waals surface area contributed by atoms with Crippen molar-refractivity contribution in [3.63, 3.8) is 0 Å². The van der Waals surface area contributed by atoms with Gasteiger partial charge in [-0.15, -0.1) is 0 Å². The third kappa shape index (κ3) is 4.50. The minimum atomic E-state index is -1.59. The van der Waals surface area contributed by atoms with Crippen molar-refractivity contribution in [3.8, 4) is 0 Å². The molecule has 3 aromatic heterocycles. The molecule has 4 rings (SSSR count). The van der Waals surface area contributed by atoms with Crippen molar-refractivity contribution in [2.45, 2.75) is 63.7 Å². The first-order valence-electron chi connectivity index (χ1n) is 10.5. The lowest BCUT2D eigenvalue weighted by Gasteiger charge is -2.30. The standard InChI is InChI=1S/C21H26BFN6O/c1-2-10-28-12-14(11-24-28)21(30)26-16-8-6-15(7-9-16)25-18-4-3-5-19-27-17(20(22)23)13-29(18)19/h3-5,11-13,15-16,20,25H,2,6-10H2,1H3,(H,26,30). The van der Waals surface area contributed by atoms with Gasteiger partial charge in [0, 0.05) is 31.0 Å². The van der Waals surface area contributed by atoms with Crippen LogP contribution in [0.3, 0.4) is 0 Å². The van der Waals surface area contributed by atoms with Crippen LogP contribution >= 0.6 is 0 Å². The molecule has 1 amide bonds. The van der Waals surface area contributed by atoms with Crippen molar-refractivity contribution >= 4 is 25.2 Å². The van der Waals surface area contributed by atoms with E-state index in [9.17, 15) is 9.18 Å². The van der Waals surface area contributed by atoms with E-state index in [1.54, 1.807) is 23.3 Å². The van der Waals surface area contributed by atoms with Gasteiger partial charge in [-0.25, -0.2) is 4.98 Å². The summed E-state index contributed by atoms with van der Waals surface area (Å²) in [4.78, 5) is 16.7. The van der Waals surface area contributed by atoms with Crippen LogP contribution in [0.25, 0.3) is 5.65 Å². The number of halogens is 1. The summed E-state index contributed by atoms with van der Waals surface area (Å²) in [6, 6.07) is 6.10. The number of carbonyl (C=O) groups is 1. The molecule has 2 N–H and O–H groups in total. The van der Waals surface area contributed by atoms with E-state index in [4.69, 9.17) is 7.85 Å². The Hall–Kier alpha value is -2.84. The molecule has 1 saturated carbocycles. The summed E-state index contributed by atoms with van der Waals surface area (Å²) >= 11 is 0. The fraction of sp³-hybridized carbons (Fsp3) is 0.476. The maximum atomic E-state index is 13.4. The van der Waals surface area contributed by atoms with E-state index < -0.39 is 6.07 Å². The SMILES string of the molecule is [B]C(F)c1cn2c(NC3CCC(NC(=O)c4cnn(CCC)c4)CC3)cccc2n1. The zero-order valence-electron chi connectivity index (χ0n) is 17.1. The summed E-state index contributed by atoms with van der Waals surface area (Å²) < 4.78 is 17.0. The largest absolute Gasteiger partial charge is 0.368 e. The van der Waals surface area contributed by atoms with Crippen LogP contribution in [0.1, 0.15) is 61.2 Å². The van der Waals surface area contributed by atoms with Gasteiger partial charge in [0.05, 0.1) is 17.5 Å². The molecule has 2 radical (unpaired) electrons. The Morgan fingerprint density at radius 3 is 2.77 bits per heavy atom. The average Bonchev–Trinajstić information content (AvgIpc) is 3.37. The molecule has 1 aliphatic rings. The lowest BCUT2D eigenvalue weighted by molar-refractivity contribution is 0.0926. The van der Waals surface area contributed by atoms with Crippen molar-refractivity contribution in [3.05, 3.63) is 48.0 Å². The maximum absolute atomic E-state index is 13.4. The summed E-state index contributed by atoms with van der Waals surface area (Å²) in [5, 5.41) is 10.9. The summed E-state index contributed by atoms with van der Waals surface area (Å²) in [6.07, 6.45) is 8.10. The Balaban J connectivity index is 1.32. The van der Waals surface area contributed by atoms with Crippen molar-refractivity contribution in [2.75, 3.05) is 5.32 Å². The molecule has 156 valence electrons. The zero-order chi connectivity index (χ0) is 21.1. The van der Waals surface area contributed by atoms with E-state index in [0.29, 0.717) is 11.2 Å². The average molecular weight is 408 g/mol. The molecule has 1 aliphatic carbocycles. The number of rotatable bonds is 7. The van der Waals surface area contributed by atoms with E-state index >= 15 is 0 Å². The molecule has 0 spiro atoms. The first-order chi connectivity index (χ1) is 14.5. The fourth-order valence-electron chi connectivity index (χ4n) is 3.97. The number of amides is 1. The highest BCUT2D eigenvalue weighted by atomic mass is 19.1. The molecule has 7 nitrogen and oxygen atoms in total. The van der Waals surface area contributed by atoms with Crippen LogP contribution in [0.15, 0.2) is 36.8 Å². The van der Waals surface area contributed by atoms with Crippen molar-refractivity contribution in [1.29, 1.82) is 0 Å². The van der Waals surface area contributed by atoms with Gasteiger partial charge in [-0.2, -0.15) is 5.10 Å². The van der Waals surface area contributed by atoms with Crippen LogP contribution in [-0.2, 0) is 6.54 Å². The summed E-state index contributed by atoms with van der Waals surface area (Å²) in [6.45, 7) is 2.89. The molecule has 3 heterocycles. The van der Waals surface area contributed by atoms with E-state index in [-0.39, 0.29) is 23.7 Å². The third-order valence-electron chi connectivity index (χ3n) is 5.56. The predicted octanol–water partition coefficient (Wildman–Crippen LogP) is 3.23. The van der Waals surface area contributed by atoms with Crippen LogP contribution in [0, 0.1) is 0 Å². The highest BCUT2D eigenvalue weighted by Gasteiger charge is 2.24. The molecule has 0 aromatic carbocycles. The minimum Gasteiger partial charge on any atom is -0.368 e. The molecule has 0 aliphatic heterocycles. The van der Waals surface area contributed by atoms with Crippen LogP contribution in [0.2, 0.25) is 0 Å². The van der Waals surface area contributed by atoms with Gasteiger partial charge in [-0.1, -0.05) is 13.0 Å². The van der Waals surface area contributed by atoms with Gasteiger partial charge < -0.3 is 10.6 Å². The van der Waals surface area contributed by atoms with Gasteiger partial charge in [0.15, 0.2) is 0 Å². The molecule has 3 aromatic rings. The Bertz CT molecular complexity index is 1010. The normalized spacial score (nSPS) is 20.2. The van der Waals surface area contributed by atoms with Gasteiger partial charge in [-0.3, -0.25) is 18.3 Å². The van der Waals surface area contributed by atoms with E-state index in [2.05, 4.69) is 27.6 Å². The molecule has 0 saturated heterocycles. The second-order valence-corrected chi connectivity index (χ2v) is 7.87. The van der Waals surface area contributed by atoms with Gasteiger partial charge >= 0.3 is 0 Å². The first-order valence-corrected chi connectivity index (χ1v) is 10.5. The molecule has 30 heavy (non-hydrogen) atoms. The number of nitrogens with one attached hydrogen (secondary N) is 2. The second-order valence-electron chi connectivity index (χ2n) is 7.87. The van der Waals surface area contributed by atoms with Crippen molar-refractivity contribution < 1.29 is 9.18 Å². The molecular weight excluding hydrogens is 382 g/mol. The van der Waals surface area contributed by atoms with E-state index in [0.717, 1.165) is 44.5 Å². The summed E-state index contributed by atoms with van der Waals surface area (Å²) in [5.41, 5.74) is 1.49. The number of imidazole rings is 1. The summed E-state index contributed by atoms with van der Waals surface area (Å²) in [5.74, 6) is 0.801. The highest BCUT2D eigenvalue weighted by molar-refractivity contribution is 6.11. The monoisotopic (exact) mass is 408 g/mol. The van der Waals surface area contributed by atoms with Gasteiger partial charge in [-0.05, 0) is 44.2 Å². The van der Waals surface area contributed by atoms with Crippen molar-refractivity contribution in [2.24, 2.45) is 0 Å². The first kappa shape index (κ1) is 20.4. The number of pyridine rings is 1. The second kappa shape index (κ2) is 8.89. The number of aromatic nitrogens is 4. The van der Waals surface area contributed by atoms with Gasteiger partial charge in [0.2, 0.25) is 0 Å². The number of nitrogens with zero attached hydrogens (tertiary/aromatic N) is 4. The number of fused-ring (bicyclic) bond motifs is 1. The predicted molar refractivity (Wildman–Crippen MR) is 114 cm³/mol. The molecule has 1 atom stereocenters. The Morgan fingerprint density at radius 2 is 2.03 bits per heavy atom. The minimum absolute atomic E-state index is 0.0629. The van der Waals surface area contributed by atoms with Crippen molar-refractivity contribution in [1.82, 2.24) is 24.5 Å². The molecular formula is C21H26BFN6O. The van der Waals surface area contributed by atoms with Crippen LogP contribution in [0.5, 0.6) is 0 Å². The number of aryl methyl sites for hydroxylation is 1. The third-order valence-corrected chi connectivity index (χ3v) is 5.56. The Morgan fingerprint density at radius 1 is 1.27 bits per heavy atom. The maximum Gasteiger partial charge on any atom is 0.254 e. The summed E-state index contributed by atoms with van der Waals surface area (Å²) in [7, 11) is 5.32. The molecule has 0 bridgehead atoms. The van der Waals surface area contributed by atoms with E-state index in [1.807, 2.05) is 22.6 Å². The number of carbonyl (C=O) groups excluding carboxylic acids is 1. The highest BCUT2D eigenvalue weighted by Crippen LogP contribution is 2.24. The zero-order valence-corrected chi connectivity index (χ0v) is 17.1. The number of alkyl halides is 1. The van der Waals surface area contributed by atoms with Gasteiger partial charge in [0.25, 0.3) is 5.91 Å². The number of anilines is 1. The van der Waals surface area contributed by atoms with E-state index in [1.165, 1.54) is 0 Å². The molecule has 1 unspecified atom stereocenters. The lowest BCUT2D eigenvalue weighted by atomic mass is 9.91. The van der Waals surface area contributed by atoms with Crippen LogP contribution < -0.4 is 10.6 Å². The van der Waals surface area contributed by atoms with Gasteiger partial charge in [0.1, 0.15) is 25.4 Å². The quantitative estimate of drug-likeness (QED) is 0.589. The number of hydrogen-bond donors (Lipinski definition) is 2. The Labute approximate surface area is 176 Å². The topological polar surface area (TPSA) is 76.2 Å². The molecule has 9 heteroatoms. The van der Waals surface area contributed by atoms with Crippen LogP contribution in [-0.4, -0.2) is 45.0 Å². The molecule has 1 fully saturated rings. The Kier molecular flexibility index (Phi) is 6.06.